The van der Waals surface area contributed by atoms with Crippen molar-refractivity contribution in [2.24, 2.45) is 11.7 Å². The molecule has 0 radical (unpaired) electrons. The number of nitrogens with one attached hydrogen (secondary N) is 1. The summed E-state index contributed by atoms with van der Waals surface area (Å²) in [4.78, 5) is 19.3. The van der Waals surface area contributed by atoms with Crippen LogP contribution in [0, 0.1) is 5.92 Å². The summed E-state index contributed by atoms with van der Waals surface area (Å²) in [5, 5.41) is 3.29. The number of rotatable bonds is 8. The number of ether oxygens (including phenoxy) is 2. The van der Waals surface area contributed by atoms with E-state index < -0.39 is 12.7 Å². The third-order valence-electron chi connectivity index (χ3n) is 5.50. The van der Waals surface area contributed by atoms with Crippen LogP contribution in [0.4, 0.5) is 8.78 Å². The first-order chi connectivity index (χ1) is 15.3. The molecule has 0 spiro atoms. The van der Waals surface area contributed by atoms with E-state index >= 15 is 0 Å². The van der Waals surface area contributed by atoms with Crippen molar-refractivity contribution in [2.45, 2.75) is 45.4 Å². The van der Waals surface area contributed by atoms with Gasteiger partial charge in [-0.25, -0.2) is 4.98 Å². The number of hydrogen-bond acceptors (Lipinski definition) is 7. The van der Waals surface area contributed by atoms with E-state index in [2.05, 4.69) is 15.0 Å². The van der Waals surface area contributed by atoms with Gasteiger partial charge in [-0.2, -0.15) is 8.78 Å². The molecule has 2 fully saturated rings. The second-order valence-corrected chi connectivity index (χ2v) is 8.42. The summed E-state index contributed by atoms with van der Waals surface area (Å²) in [6.07, 6.45) is 2.11. The molecule has 0 bridgehead atoms. The van der Waals surface area contributed by atoms with Gasteiger partial charge < -0.3 is 29.8 Å². The van der Waals surface area contributed by atoms with Crippen molar-refractivity contribution < 1.29 is 27.5 Å². The Morgan fingerprint density at radius 2 is 2.16 bits per heavy atom. The van der Waals surface area contributed by atoms with E-state index in [0.717, 1.165) is 12.8 Å². The van der Waals surface area contributed by atoms with Gasteiger partial charge in [-0.05, 0) is 50.8 Å². The van der Waals surface area contributed by atoms with Crippen LogP contribution >= 0.6 is 0 Å². The minimum absolute atomic E-state index is 0.0607. The summed E-state index contributed by atoms with van der Waals surface area (Å²) in [7, 11) is 0. The zero-order chi connectivity index (χ0) is 22.8. The van der Waals surface area contributed by atoms with E-state index in [-0.39, 0.29) is 40.8 Å². The summed E-state index contributed by atoms with van der Waals surface area (Å²) in [6.45, 7) is 2.97. The molecule has 174 valence electrons. The van der Waals surface area contributed by atoms with E-state index in [1.807, 2.05) is 6.92 Å². The minimum atomic E-state index is -2.97. The smallest absolute Gasteiger partial charge is 0.387 e. The van der Waals surface area contributed by atoms with E-state index in [4.69, 9.17) is 14.9 Å². The Labute approximate surface area is 185 Å². The zero-order valence-corrected chi connectivity index (χ0v) is 18.1. The van der Waals surface area contributed by atoms with Gasteiger partial charge in [0.25, 0.3) is 5.91 Å². The summed E-state index contributed by atoms with van der Waals surface area (Å²) in [6, 6.07) is 4.09. The number of nitrogens with zero attached hydrogens (tertiary/aromatic N) is 2. The molecule has 1 saturated carbocycles. The van der Waals surface area contributed by atoms with Crippen LogP contribution in [-0.4, -0.2) is 54.7 Å². The van der Waals surface area contributed by atoms with Crippen LogP contribution in [0.1, 0.15) is 49.0 Å². The minimum Gasteiger partial charge on any atom is -0.489 e. The van der Waals surface area contributed by atoms with E-state index in [1.165, 1.54) is 12.1 Å². The number of nitrogens with two attached hydrogens (primary N) is 1. The van der Waals surface area contributed by atoms with E-state index in [9.17, 15) is 13.6 Å². The van der Waals surface area contributed by atoms with Crippen LogP contribution < -0.4 is 20.5 Å². The highest BCUT2D eigenvalue weighted by Gasteiger charge is 2.30. The number of halogens is 2. The average Bonchev–Trinajstić information content (AvgIpc) is 3.47. The highest BCUT2D eigenvalue weighted by Crippen LogP contribution is 2.37. The van der Waals surface area contributed by atoms with Gasteiger partial charge >= 0.3 is 6.61 Å². The number of aromatic nitrogens is 1. The van der Waals surface area contributed by atoms with Crippen molar-refractivity contribution in [1.29, 1.82) is 0 Å². The average molecular weight is 450 g/mol. The van der Waals surface area contributed by atoms with Gasteiger partial charge in [0.1, 0.15) is 0 Å². The Bertz CT molecular complexity index is 961. The molecule has 1 amide bonds. The fraction of sp³-hybridized carbons (Fsp3) is 0.545. The number of amides is 1. The maximum Gasteiger partial charge on any atom is 0.387 e. The molecular formula is C22H28F2N4O4. The van der Waals surface area contributed by atoms with Gasteiger partial charge in [-0.15, -0.1) is 0 Å². The number of oxazole rings is 1. The second-order valence-electron chi connectivity index (χ2n) is 8.42. The third kappa shape index (κ3) is 5.18. The van der Waals surface area contributed by atoms with Crippen LogP contribution in [-0.2, 0) is 0 Å². The monoisotopic (exact) mass is 450 g/mol. The van der Waals surface area contributed by atoms with Crippen molar-refractivity contribution in [2.75, 3.05) is 26.2 Å². The van der Waals surface area contributed by atoms with Crippen LogP contribution in [0.3, 0.4) is 0 Å². The van der Waals surface area contributed by atoms with Gasteiger partial charge in [0.05, 0.1) is 12.6 Å². The third-order valence-corrected chi connectivity index (χ3v) is 5.50. The molecule has 3 N–H and O–H groups in total. The molecule has 2 aliphatic rings. The molecule has 1 aliphatic carbocycles. The Morgan fingerprint density at radius 1 is 1.38 bits per heavy atom. The molecule has 32 heavy (non-hydrogen) atoms. The van der Waals surface area contributed by atoms with Crippen LogP contribution in [0.5, 0.6) is 11.5 Å². The molecule has 1 aromatic heterocycles. The van der Waals surface area contributed by atoms with Crippen molar-refractivity contribution in [1.82, 2.24) is 15.2 Å². The van der Waals surface area contributed by atoms with Gasteiger partial charge in [0, 0.05) is 31.2 Å². The topological polar surface area (TPSA) is 103 Å². The Hall–Kier alpha value is -2.72. The molecule has 4 rings (SSSR count). The summed E-state index contributed by atoms with van der Waals surface area (Å²) >= 11 is 0. The summed E-state index contributed by atoms with van der Waals surface area (Å²) < 4.78 is 41.8. The quantitative estimate of drug-likeness (QED) is 0.637. The highest BCUT2D eigenvalue weighted by atomic mass is 19.3. The lowest BCUT2D eigenvalue weighted by molar-refractivity contribution is -0.0515. The predicted octanol–water partition coefficient (Wildman–Crippen LogP) is 3.19. The lowest BCUT2D eigenvalue weighted by atomic mass is 10.1. The molecular weight excluding hydrogens is 422 g/mol. The first kappa shape index (κ1) is 22.5. The van der Waals surface area contributed by atoms with E-state index in [0.29, 0.717) is 37.7 Å². The van der Waals surface area contributed by atoms with Crippen molar-refractivity contribution in [3.05, 3.63) is 29.7 Å². The molecule has 1 unspecified atom stereocenters. The lowest BCUT2D eigenvalue weighted by Gasteiger charge is -2.31. The van der Waals surface area contributed by atoms with Gasteiger partial charge in [0.2, 0.25) is 5.89 Å². The first-order valence-corrected chi connectivity index (χ1v) is 10.8. The SMILES string of the molecule is CC1CN(C(=O)c2nc(-c3ccc(OC(F)F)c(OCC4CC4)c3)oc2[C@H](C)N)CCN1. The number of piperazine rings is 1. The normalized spacial score (nSPS) is 19.8. The van der Waals surface area contributed by atoms with Crippen molar-refractivity contribution in [3.8, 4) is 23.0 Å². The van der Waals surface area contributed by atoms with Crippen molar-refractivity contribution >= 4 is 5.91 Å². The molecule has 10 heteroatoms. The molecule has 2 heterocycles. The first-order valence-electron chi connectivity index (χ1n) is 10.8. The Balaban J connectivity index is 1.64. The molecule has 1 saturated heterocycles. The molecule has 1 aliphatic heterocycles. The molecule has 8 nitrogen and oxygen atoms in total. The van der Waals surface area contributed by atoms with Gasteiger partial charge in [-0.1, -0.05) is 0 Å². The zero-order valence-electron chi connectivity index (χ0n) is 18.1. The standard InChI is InChI=1S/C22H28F2N4O4/c1-12-10-28(8-7-26-12)21(29)18-19(13(2)25)32-20(27-18)15-5-6-16(31-22(23)24)17(9-15)30-11-14-3-4-14/h5-6,9,12-14,22,26H,3-4,7-8,10-11,25H2,1-2H3/t12?,13-/m0/s1. The van der Waals surface area contributed by atoms with Gasteiger partial charge in [-0.3, -0.25) is 4.79 Å². The van der Waals surface area contributed by atoms with Crippen molar-refractivity contribution in [3.63, 3.8) is 0 Å². The highest BCUT2D eigenvalue weighted by molar-refractivity contribution is 5.94. The molecule has 1 aromatic carbocycles. The Morgan fingerprint density at radius 3 is 2.81 bits per heavy atom. The largest absolute Gasteiger partial charge is 0.489 e. The summed E-state index contributed by atoms with van der Waals surface area (Å²) in [5.74, 6) is 0.750. The number of carbonyl (C=O) groups is 1. The van der Waals surface area contributed by atoms with E-state index in [1.54, 1.807) is 17.9 Å². The number of benzene rings is 1. The molecule has 2 atom stereocenters. The number of carbonyl (C=O) groups excluding carboxylic acids is 1. The van der Waals surface area contributed by atoms with Crippen LogP contribution in [0.25, 0.3) is 11.5 Å². The lowest BCUT2D eigenvalue weighted by Crippen LogP contribution is -2.51. The predicted molar refractivity (Wildman–Crippen MR) is 113 cm³/mol. The molecule has 2 aromatic rings. The summed E-state index contributed by atoms with van der Waals surface area (Å²) in [5.41, 5.74) is 6.70. The number of alkyl halides is 2. The van der Waals surface area contributed by atoms with Gasteiger partial charge in [0.15, 0.2) is 23.0 Å². The maximum atomic E-state index is 13.1. The number of hydrogen-bond donors (Lipinski definition) is 2. The maximum absolute atomic E-state index is 13.1. The fourth-order valence-corrected chi connectivity index (χ4v) is 3.62. The second kappa shape index (κ2) is 9.41. The fourth-order valence-electron chi connectivity index (χ4n) is 3.62. The van der Waals surface area contributed by atoms with Crippen LogP contribution in [0.2, 0.25) is 0 Å². The Kier molecular flexibility index (Phi) is 6.61. The van der Waals surface area contributed by atoms with Crippen LogP contribution in [0.15, 0.2) is 22.6 Å².